The molecule has 0 spiro atoms. The highest BCUT2D eigenvalue weighted by Crippen LogP contribution is 1.99. The smallest absolute Gasteiger partial charge is 0.374 e. The summed E-state index contributed by atoms with van der Waals surface area (Å²) in [4.78, 5) is 22.0. The molecular weight excluding hydrogens is 192 g/mol. The zero-order valence-corrected chi connectivity index (χ0v) is 9.62. The summed E-state index contributed by atoms with van der Waals surface area (Å²) in [6.45, 7) is 4.09. The zero-order valence-electron chi connectivity index (χ0n) is 9.62. The maximum Gasteiger partial charge on any atom is 0.374 e. The van der Waals surface area contributed by atoms with E-state index in [4.69, 9.17) is 0 Å². The summed E-state index contributed by atoms with van der Waals surface area (Å²) in [5.41, 5.74) is 0. The van der Waals surface area contributed by atoms with Crippen molar-refractivity contribution in [3.05, 3.63) is 12.2 Å². The van der Waals surface area contributed by atoms with E-state index in [1.54, 1.807) is 6.92 Å². The fourth-order valence-corrected chi connectivity index (χ4v) is 1.09. The van der Waals surface area contributed by atoms with E-state index in [9.17, 15) is 9.59 Å². The Hall–Kier alpha value is -1.12. The molecule has 0 saturated carbocycles. The highest BCUT2D eigenvalue weighted by Gasteiger charge is 2.12. The van der Waals surface area contributed by atoms with Gasteiger partial charge in [0.2, 0.25) is 5.78 Å². The standard InChI is InChI=1S/C12H20O3/c1-3-5-6-7-8-9-10-11(13)12(14)15-4-2/h7-8H,3-6,9-10H2,1-2H3/b8-7+. The molecule has 0 aliphatic heterocycles. The van der Waals surface area contributed by atoms with Crippen LogP contribution in [0.1, 0.15) is 46.0 Å². The number of hydrogen-bond donors (Lipinski definition) is 0. The van der Waals surface area contributed by atoms with Gasteiger partial charge < -0.3 is 4.74 Å². The van der Waals surface area contributed by atoms with Crippen LogP contribution in [0.4, 0.5) is 0 Å². The Morgan fingerprint density at radius 1 is 1.13 bits per heavy atom. The zero-order chi connectivity index (χ0) is 11.5. The highest BCUT2D eigenvalue weighted by atomic mass is 16.5. The maximum atomic E-state index is 11.1. The lowest BCUT2D eigenvalue weighted by Crippen LogP contribution is -2.16. The van der Waals surface area contributed by atoms with E-state index in [1.165, 1.54) is 12.8 Å². The van der Waals surface area contributed by atoms with Crippen LogP contribution in [-0.4, -0.2) is 18.4 Å². The second kappa shape index (κ2) is 9.44. The minimum Gasteiger partial charge on any atom is -0.460 e. The minimum atomic E-state index is -0.709. The summed E-state index contributed by atoms with van der Waals surface area (Å²) >= 11 is 0. The predicted molar refractivity (Wildman–Crippen MR) is 59.5 cm³/mol. The summed E-state index contributed by atoms with van der Waals surface area (Å²) < 4.78 is 4.59. The van der Waals surface area contributed by atoms with E-state index in [2.05, 4.69) is 17.7 Å². The molecule has 0 aliphatic rings. The molecular formula is C12H20O3. The molecule has 0 amide bonds. The van der Waals surface area contributed by atoms with E-state index in [0.717, 1.165) is 6.42 Å². The summed E-state index contributed by atoms with van der Waals surface area (Å²) in [5.74, 6) is -1.14. The number of hydrogen-bond acceptors (Lipinski definition) is 3. The number of allylic oxidation sites excluding steroid dienone is 2. The molecule has 0 atom stereocenters. The molecule has 3 nitrogen and oxygen atoms in total. The largest absolute Gasteiger partial charge is 0.460 e. The van der Waals surface area contributed by atoms with Gasteiger partial charge in [-0.15, -0.1) is 0 Å². The number of ketones is 1. The van der Waals surface area contributed by atoms with Crippen LogP contribution in [-0.2, 0) is 14.3 Å². The first-order valence-electron chi connectivity index (χ1n) is 5.57. The van der Waals surface area contributed by atoms with Gasteiger partial charge in [-0.1, -0.05) is 31.9 Å². The molecule has 15 heavy (non-hydrogen) atoms. The SMILES string of the molecule is CCCC/C=C/CCC(=O)C(=O)OCC. The fraction of sp³-hybridized carbons (Fsp3) is 0.667. The molecule has 0 aromatic carbocycles. The van der Waals surface area contributed by atoms with Crippen molar-refractivity contribution in [2.75, 3.05) is 6.61 Å². The Bertz CT molecular complexity index is 219. The first-order valence-corrected chi connectivity index (χ1v) is 5.57. The van der Waals surface area contributed by atoms with Gasteiger partial charge in [0, 0.05) is 6.42 Å². The Morgan fingerprint density at radius 2 is 1.80 bits per heavy atom. The molecule has 0 aliphatic carbocycles. The Labute approximate surface area is 91.5 Å². The van der Waals surface area contributed by atoms with Gasteiger partial charge in [-0.05, 0) is 19.8 Å². The van der Waals surface area contributed by atoms with Gasteiger partial charge in [0.1, 0.15) is 0 Å². The summed E-state index contributed by atoms with van der Waals surface area (Å²) in [6.07, 6.45) is 8.27. The van der Waals surface area contributed by atoms with Crippen molar-refractivity contribution in [3.8, 4) is 0 Å². The molecule has 0 aromatic heterocycles. The van der Waals surface area contributed by atoms with Gasteiger partial charge in [-0.25, -0.2) is 4.79 Å². The summed E-state index contributed by atoms with van der Waals surface area (Å²) in [5, 5.41) is 0. The van der Waals surface area contributed by atoms with Gasteiger partial charge in [-0.3, -0.25) is 4.79 Å². The number of rotatable bonds is 8. The number of carbonyl (C=O) groups is 2. The predicted octanol–water partition coefficient (Wildman–Crippen LogP) is 2.65. The topological polar surface area (TPSA) is 43.4 Å². The normalized spacial score (nSPS) is 10.5. The van der Waals surface area contributed by atoms with E-state index in [0.29, 0.717) is 6.42 Å². The second-order valence-corrected chi connectivity index (χ2v) is 3.30. The van der Waals surface area contributed by atoms with Gasteiger partial charge in [0.15, 0.2) is 0 Å². The Balaban J connectivity index is 3.54. The van der Waals surface area contributed by atoms with Crippen LogP contribution in [0.2, 0.25) is 0 Å². The van der Waals surface area contributed by atoms with Crippen molar-refractivity contribution in [2.24, 2.45) is 0 Å². The summed E-state index contributed by atoms with van der Waals surface area (Å²) in [7, 11) is 0. The van der Waals surface area contributed by atoms with Crippen LogP contribution in [0.5, 0.6) is 0 Å². The minimum absolute atomic E-state index is 0.251. The lowest BCUT2D eigenvalue weighted by atomic mass is 10.2. The molecule has 0 fully saturated rings. The molecule has 0 bridgehead atoms. The van der Waals surface area contributed by atoms with Crippen LogP contribution in [0.3, 0.4) is 0 Å². The lowest BCUT2D eigenvalue weighted by molar-refractivity contribution is -0.153. The second-order valence-electron chi connectivity index (χ2n) is 3.30. The van der Waals surface area contributed by atoms with E-state index in [1.807, 2.05) is 6.08 Å². The van der Waals surface area contributed by atoms with Crippen molar-refractivity contribution in [2.45, 2.75) is 46.0 Å². The van der Waals surface area contributed by atoms with Crippen molar-refractivity contribution in [1.29, 1.82) is 0 Å². The molecule has 0 rings (SSSR count). The van der Waals surface area contributed by atoms with Crippen LogP contribution in [0.25, 0.3) is 0 Å². The van der Waals surface area contributed by atoms with Crippen LogP contribution in [0, 0.1) is 0 Å². The molecule has 3 heteroatoms. The third kappa shape index (κ3) is 7.91. The average Bonchev–Trinajstić information content (AvgIpc) is 2.23. The van der Waals surface area contributed by atoms with Gasteiger partial charge >= 0.3 is 5.97 Å². The van der Waals surface area contributed by atoms with E-state index < -0.39 is 11.8 Å². The van der Waals surface area contributed by atoms with Gasteiger partial charge in [0.05, 0.1) is 6.61 Å². The van der Waals surface area contributed by atoms with Crippen molar-refractivity contribution in [1.82, 2.24) is 0 Å². The van der Waals surface area contributed by atoms with Crippen molar-refractivity contribution < 1.29 is 14.3 Å². The van der Waals surface area contributed by atoms with Crippen LogP contribution >= 0.6 is 0 Å². The molecule has 86 valence electrons. The first-order chi connectivity index (χ1) is 7.22. The van der Waals surface area contributed by atoms with Gasteiger partial charge in [-0.2, -0.15) is 0 Å². The number of carbonyl (C=O) groups excluding carboxylic acids is 2. The van der Waals surface area contributed by atoms with E-state index in [-0.39, 0.29) is 13.0 Å². The maximum absolute atomic E-state index is 11.1. The molecule has 0 heterocycles. The highest BCUT2D eigenvalue weighted by molar-refractivity contribution is 6.33. The monoisotopic (exact) mass is 212 g/mol. The van der Waals surface area contributed by atoms with Crippen molar-refractivity contribution >= 4 is 11.8 Å². The lowest BCUT2D eigenvalue weighted by Gasteiger charge is -1.98. The Kier molecular flexibility index (Phi) is 8.73. The average molecular weight is 212 g/mol. The Morgan fingerprint density at radius 3 is 2.40 bits per heavy atom. The first kappa shape index (κ1) is 13.9. The van der Waals surface area contributed by atoms with Gasteiger partial charge in [0.25, 0.3) is 0 Å². The molecule has 0 aromatic rings. The van der Waals surface area contributed by atoms with Crippen molar-refractivity contribution in [3.63, 3.8) is 0 Å². The van der Waals surface area contributed by atoms with Crippen LogP contribution < -0.4 is 0 Å². The number of ether oxygens (including phenoxy) is 1. The van der Waals surface area contributed by atoms with E-state index >= 15 is 0 Å². The fourth-order valence-electron chi connectivity index (χ4n) is 1.09. The summed E-state index contributed by atoms with van der Waals surface area (Å²) in [6, 6.07) is 0. The molecule has 0 saturated heterocycles. The number of esters is 1. The third-order valence-corrected chi connectivity index (χ3v) is 1.93. The number of unbranched alkanes of at least 4 members (excludes halogenated alkanes) is 2. The molecule has 0 N–H and O–H groups in total. The molecule has 0 radical (unpaired) electrons. The third-order valence-electron chi connectivity index (χ3n) is 1.93. The molecule has 0 unspecified atom stereocenters. The quantitative estimate of drug-likeness (QED) is 0.269. The van der Waals surface area contributed by atoms with Crippen LogP contribution in [0.15, 0.2) is 12.2 Å². The number of Topliss-reactive ketones (excluding diaryl/α,β-unsaturated/α-hetero) is 1.